The molecular formula is C22H20F3NO7S. The number of methoxy groups -OCH3 is 1. The third-order valence-electron chi connectivity index (χ3n) is 4.17. The first-order chi connectivity index (χ1) is 16.0. The molecule has 0 radical (unpaired) electrons. The molecule has 8 nitrogen and oxygen atoms in total. The van der Waals surface area contributed by atoms with Crippen LogP contribution in [0.5, 0.6) is 5.75 Å². The molecular weight excluding hydrogens is 479 g/mol. The minimum absolute atomic E-state index is 0.152. The van der Waals surface area contributed by atoms with Crippen molar-refractivity contribution in [2.24, 2.45) is 0 Å². The van der Waals surface area contributed by atoms with E-state index in [2.05, 4.69) is 10.1 Å². The van der Waals surface area contributed by atoms with Crippen LogP contribution in [0.15, 0.2) is 48.5 Å². The zero-order valence-electron chi connectivity index (χ0n) is 18.0. The van der Waals surface area contributed by atoms with Crippen molar-refractivity contribution < 1.29 is 46.6 Å². The van der Waals surface area contributed by atoms with Gasteiger partial charge in [0.15, 0.2) is 0 Å². The van der Waals surface area contributed by atoms with E-state index in [-0.39, 0.29) is 12.4 Å². The van der Waals surface area contributed by atoms with Crippen molar-refractivity contribution in [2.45, 2.75) is 25.7 Å². The molecule has 0 heterocycles. The van der Waals surface area contributed by atoms with Gasteiger partial charge in [-0.3, -0.25) is 4.79 Å². The Hall–Kier alpha value is -3.54. The molecule has 0 spiro atoms. The van der Waals surface area contributed by atoms with Crippen molar-refractivity contribution in [3.63, 3.8) is 0 Å². The number of hydrogen-bond acceptors (Lipinski definition) is 8. The molecule has 34 heavy (non-hydrogen) atoms. The van der Waals surface area contributed by atoms with Gasteiger partial charge in [-0.15, -0.1) is 0 Å². The van der Waals surface area contributed by atoms with E-state index in [0.29, 0.717) is 29.5 Å². The standard InChI is InChI=1S/C22H20F3NO7S/c1-13(27)26-17(20(29)31-2)12-34-21(30)33-18-10-15(22(23,24)25)8-9-16(18)19(28)32-11-14-6-4-3-5-7-14/h3-10,17H,11-12H2,1-2H3,(H,26,27). The van der Waals surface area contributed by atoms with Gasteiger partial charge in [-0.25, -0.2) is 14.4 Å². The second-order valence-corrected chi connectivity index (χ2v) is 7.67. The number of amides is 1. The Morgan fingerprint density at radius 1 is 1.06 bits per heavy atom. The summed E-state index contributed by atoms with van der Waals surface area (Å²) in [6, 6.07) is 9.37. The lowest BCUT2D eigenvalue weighted by atomic mass is 10.1. The van der Waals surface area contributed by atoms with E-state index in [4.69, 9.17) is 9.47 Å². The van der Waals surface area contributed by atoms with Gasteiger partial charge in [-0.2, -0.15) is 13.2 Å². The van der Waals surface area contributed by atoms with Crippen molar-refractivity contribution >= 4 is 34.9 Å². The number of thioether (sulfide) groups is 1. The maximum absolute atomic E-state index is 13.2. The summed E-state index contributed by atoms with van der Waals surface area (Å²) < 4.78 is 54.1. The second-order valence-electron chi connectivity index (χ2n) is 6.71. The third-order valence-corrected chi connectivity index (χ3v) is 4.98. The van der Waals surface area contributed by atoms with E-state index in [1.165, 1.54) is 0 Å². The van der Waals surface area contributed by atoms with Gasteiger partial charge in [0.05, 0.1) is 12.7 Å². The molecule has 0 aliphatic rings. The molecule has 0 aliphatic heterocycles. The molecule has 0 fully saturated rings. The minimum Gasteiger partial charge on any atom is -0.467 e. The maximum Gasteiger partial charge on any atom is 0.416 e. The van der Waals surface area contributed by atoms with Crippen molar-refractivity contribution in [2.75, 3.05) is 12.9 Å². The number of hydrogen-bond donors (Lipinski definition) is 1. The fraction of sp³-hybridized carbons (Fsp3) is 0.273. The Morgan fingerprint density at radius 3 is 2.32 bits per heavy atom. The van der Waals surface area contributed by atoms with Crippen LogP contribution in [0, 0.1) is 0 Å². The molecule has 2 rings (SSSR count). The summed E-state index contributed by atoms with van der Waals surface area (Å²) in [5, 5.41) is 1.16. The summed E-state index contributed by atoms with van der Waals surface area (Å²) in [5.74, 6) is -3.39. The minimum atomic E-state index is -4.76. The number of nitrogens with one attached hydrogen (secondary N) is 1. The Kier molecular flexibility index (Phi) is 9.48. The lowest BCUT2D eigenvalue weighted by Crippen LogP contribution is -2.42. The molecule has 0 saturated carbocycles. The summed E-state index contributed by atoms with van der Waals surface area (Å²) in [5.41, 5.74) is -0.904. The van der Waals surface area contributed by atoms with Crippen LogP contribution in [0.4, 0.5) is 18.0 Å². The van der Waals surface area contributed by atoms with E-state index in [1.54, 1.807) is 30.3 Å². The van der Waals surface area contributed by atoms with Crippen LogP contribution in [-0.2, 0) is 31.8 Å². The van der Waals surface area contributed by atoms with Crippen molar-refractivity contribution in [3.05, 3.63) is 65.2 Å². The molecule has 2 aromatic carbocycles. The number of alkyl halides is 3. The van der Waals surface area contributed by atoms with Gasteiger partial charge in [0, 0.05) is 12.7 Å². The van der Waals surface area contributed by atoms with Crippen LogP contribution >= 0.6 is 11.8 Å². The summed E-state index contributed by atoms with van der Waals surface area (Å²) >= 11 is 0.399. The monoisotopic (exact) mass is 499 g/mol. The molecule has 182 valence electrons. The highest BCUT2D eigenvalue weighted by Crippen LogP contribution is 2.34. The average Bonchev–Trinajstić information content (AvgIpc) is 2.79. The van der Waals surface area contributed by atoms with E-state index < -0.39 is 52.2 Å². The fourth-order valence-corrected chi connectivity index (χ4v) is 3.25. The van der Waals surface area contributed by atoms with E-state index >= 15 is 0 Å². The Labute approximate surface area is 196 Å². The first kappa shape index (κ1) is 26.7. The van der Waals surface area contributed by atoms with Gasteiger partial charge in [0.1, 0.15) is 24.0 Å². The summed E-state index contributed by atoms with van der Waals surface area (Å²) in [6.45, 7) is 0.995. The van der Waals surface area contributed by atoms with Gasteiger partial charge in [0.2, 0.25) is 5.91 Å². The molecule has 1 amide bonds. The first-order valence-corrected chi connectivity index (χ1v) is 10.6. The lowest BCUT2D eigenvalue weighted by molar-refractivity contribution is -0.144. The van der Waals surface area contributed by atoms with Gasteiger partial charge in [-0.1, -0.05) is 30.3 Å². The molecule has 1 atom stereocenters. The zero-order valence-corrected chi connectivity index (χ0v) is 18.8. The zero-order chi connectivity index (χ0) is 25.3. The number of carbonyl (C=O) groups excluding carboxylic acids is 4. The van der Waals surface area contributed by atoms with E-state index in [0.717, 1.165) is 20.1 Å². The van der Waals surface area contributed by atoms with Crippen LogP contribution < -0.4 is 10.1 Å². The van der Waals surface area contributed by atoms with Crippen LogP contribution in [0.3, 0.4) is 0 Å². The van der Waals surface area contributed by atoms with Crippen molar-refractivity contribution in [1.29, 1.82) is 0 Å². The molecule has 12 heteroatoms. The molecule has 1 N–H and O–H groups in total. The molecule has 2 aromatic rings. The quantitative estimate of drug-likeness (QED) is 0.544. The SMILES string of the molecule is COC(=O)C(CSC(=O)Oc1cc(C(F)(F)F)ccc1C(=O)OCc1ccccc1)NC(C)=O. The van der Waals surface area contributed by atoms with Gasteiger partial charge < -0.3 is 19.5 Å². The number of esters is 2. The smallest absolute Gasteiger partial charge is 0.416 e. The number of halogens is 3. The highest BCUT2D eigenvalue weighted by molar-refractivity contribution is 8.13. The summed E-state index contributed by atoms with van der Waals surface area (Å²) in [6.07, 6.45) is -4.76. The van der Waals surface area contributed by atoms with Gasteiger partial charge >= 0.3 is 23.4 Å². The molecule has 1 unspecified atom stereocenters. The molecule has 0 aromatic heterocycles. The van der Waals surface area contributed by atoms with Gasteiger partial charge in [-0.05, 0) is 35.5 Å². The fourth-order valence-electron chi connectivity index (χ4n) is 2.58. The van der Waals surface area contributed by atoms with E-state index in [1.807, 2.05) is 0 Å². The topological polar surface area (TPSA) is 108 Å². The van der Waals surface area contributed by atoms with Crippen LogP contribution in [0.25, 0.3) is 0 Å². The van der Waals surface area contributed by atoms with E-state index in [9.17, 15) is 32.3 Å². The number of benzene rings is 2. The van der Waals surface area contributed by atoms with Crippen molar-refractivity contribution in [1.82, 2.24) is 5.32 Å². The first-order valence-electron chi connectivity index (χ1n) is 9.63. The predicted octanol–water partition coefficient (Wildman–Crippen LogP) is 3.97. The second kappa shape index (κ2) is 12.1. The average molecular weight is 499 g/mol. The molecule has 0 aliphatic carbocycles. The normalized spacial score (nSPS) is 11.8. The highest BCUT2D eigenvalue weighted by atomic mass is 32.2. The highest BCUT2D eigenvalue weighted by Gasteiger charge is 2.33. The number of rotatable bonds is 8. The molecule has 0 saturated heterocycles. The van der Waals surface area contributed by atoms with Crippen LogP contribution in [0.2, 0.25) is 0 Å². The maximum atomic E-state index is 13.2. The number of carbonyl (C=O) groups is 4. The van der Waals surface area contributed by atoms with Crippen LogP contribution in [0.1, 0.15) is 28.4 Å². The third kappa shape index (κ3) is 8.10. The Morgan fingerprint density at radius 2 is 1.74 bits per heavy atom. The largest absolute Gasteiger partial charge is 0.467 e. The van der Waals surface area contributed by atoms with Crippen LogP contribution in [-0.4, -0.2) is 42.1 Å². The Bertz CT molecular complexity index is 1040. The predicted molar refractivity (Wildman–Crippen MR) is 115 cm³/mol. The van der Waals surface area contributed by atoms with Gasteiger partial charge in [0.25, 0.3) is 0 Å². The Balaban J connectivity index is 2.18. The number of ether oxygens (including phenoxy) is 3. The summed E-state index contributed by atoms with van der Waals surface area (Å²) in [7, 11) is 1.08. The lowest BCUT2D eigenvalue weighted by Gasteiger charge is -2.15. The molecule has 0 bridgehead atoms. The summed E-state index contributed by atoms with van der Waals surface area (Å²) in [4.78, 5) is 47.7. The van der Waals surface area contributed by atoms with Crippen molar-refractivity contribution in [3.8, 4) is 5.75 Å².